The van der Waals surface area contributed by atoms with Crippen molar-refractivity contribution in [3.63, 3.8) is 0 Å². The molecule has 0 spiro atoms. The molecule has 1 aliphatic rings. The number of benzene rings is 2. The van der Waals surface area contributed by atoms with Gasteiger partial charge in [0.15, 0.2) is 6.10 Å². The molecule has 4 rings (SSSR count). The summed E-state index contributed by atoms with van der Waals surface area (Å²) in [5, 5.41) is 4.86. The number of carbonyl (C=O) groups excluding carboxylic acids is 4. The van der Waals surface area contributed by atoms with Gasteiger partial charge in [-0.15, -0.1) is 11.3 Å². The molecule has 1 aliphatic heterocycles. The Labute approximate surface area is 192 Å². The summed E-state index contributed by atoms with van der Waals surface area (Å²) < 4.78 is 5.24. The molecule has 1 unspecified atom stereocenters. The smallest absolute Gasteiger partial charge is 0.338 e. The number of carbonyl (C=O) groups is 4. The van der Waals surface area contributed by atoms with Crippen LogP contribution in [0.5, 0.6) is 0 Å². The van der Waals surface area contributed by atoms with Crippen LogP contribution in [0.2, 0.25) is 5.02 Å². The predicted molar refractivity (Wildman–Crippen MR) is 120 cm³/mol. The van der Waals surface area contributed by atoms with E-state index >= 15 is 0 Å². The van der Waals surface area contributed by atoms with Gasteiger partial charge >= 0.3 is 5.97 Å². The Hall–Kier alpha value is -3.49. The highest BCUT2D eigenvalue weighted by Crippen LogP contribution is 2.33. The van der Waals surface area contributed by atoms with E-state index in [1.165, 1.54) is 36.5 Å². The number of fused-ring (bicyclic) bond motifs is 1. The van der Waals surface area contributed by atoms with Gasteiger partial charge in [0, 0.05) is 4.88 Å². The van der Waals surface area contributed by atoms with Crippen LogP contribution in [0.25, 0.3) is 0 Å². The van der Waals surface area contributed by atoms with E-state index in [9.17, 15) is 19.2 Å². The molecule has 0 bridgehead atoms. The van der Waals surface area contributed by atoms with Gasteiger partial charge in [0.25, 0.3) is 17.7 Å². The van der Waals surface area contributed by atoms with Gasteiger partial charge < -0.3 is 10.1 Å². The van der Waals surface area contributed by atoms with Crippen molar-refractivity contribution in [1.29, 1.82) is 0 Å². The number of thiophene rings is 1. The quantitative estimate of drug-likeness (QED) is 0.435. The molecular formula is C23H17ClN2O5S. The van der Waals surface area contributed by atoms with E-state index in [1.807, 2.05) is 17.5 Å². The summed E-state index contributed by atoms with van der Waals surface area (Å²) in [5.74, 6) is -2.33. The van der Waals surface area contributed by atoms with Gasteiger partial charge in [-0.25, -0.2) is 9.69 Å². The fourth-order valence-electron chi connectivity index (χ4n) is 3.23. The fourth-order valence-corrected chi connectivity index (χ4v) is 4.10. The maximum atomic E-state index is 12.9. The Kier molecular flexibility index (Phi) is 6.07. The summed E-state index contributed by atoms with van der Waals surface area (Å²) in [6.07, 6.45) is -1.03. The van der Waals surface area contributed by atoms with Crippen molar-refractivity contribution in [3.05, 3.63) is 86.6 Å². The van der Waals surface area contributed by atoms with E-state index in [2.05, 4.69) is 5.32 Å². The van der Waals surface area contributed by atoms with E-state index in [1.54, 1.807) is 24.3 Å². The Morgan fingerprint density at radius 2 is 1.81 bits per heavy atom. The Morgan fingerprint density at radius 1 is 1.06 bits per heavy atom. The summed E-state index contributed by atoms with van der Waals surface area (Å²) in [4.78, 5) is 52.4. The van der Waals surface area contributed by atoms with Crippen LogP contribution in [-0.4, -0.2) is 29.8 Å². The highest BCUT2D eigenvalue weighted by Gasteiger charge is 2.38. The minimum Gasteiger partial charge on any atom is -0.449 e. The van der Waals surface area contributed by atoms with Gasteiger partial charge in [-0.2, -0.15) is 0 Å². The molecule has 0 radical (unpaired) electrons. The number of rotatable bonds is 6. The SMILES string of the molecule is CC(OC(=O)c1ccc2c(c1)C(=O)N(c1ccccc1Cl)C2=O)C(=O)NCc1cccs1. The highest BCUT2D eigenvalue weighted by atomic mass is 35.5. The molecule has 1 N–H and O–H groups in total. The first-order valence-electron chi connectivity index (χ1n) is 9.65. The topological polar surface area (TPSA) is 92.8 Å². The van der Waals surface area contributed by atoms with Crippen molar-refractivity contribution < 1.29 is 23.9 Å². The molecule has 1 aromatic heterocycles. The molecule has 32 heavy (non-hydrogen) atoms. The van der Waals surface area contributed by atoms with Crippen LogP contribution >= 0.6 is 22.9 Å². The number of amides is 3. The zero-order valence-electron chi connectivity index (χ0n) is 16.8. The van der Waals surface area contributed by atoms with Crippen LogP contribution in [0, 0.1) is 0 Å². The van der Waals surface area contributed by atoms with Crippen LogP contribution in [-0.2, 0) is 16.1 Å². The Bertz CT molecular complexity index is 1220. The first-order chi connectivity index (χ1) is 15.4. The van der Waals surface area contributed by atoms with Crippen LogP contribution in [0.15, 0.2) is 60.0 Å². The van der Waals surface area contributed by atoms with Gasteiger partial charge in [0.05, 0.1) is 33.9 Å². The second-order valence-corrected chi connectivity index (χ2v) is 8.44. The maximum absolute atomic E-state index is 12.9. The first-order valence-corrected chi connectivity index (χ1v) is 10.9. The number of hydrogen-bond donors (Lipinski definition) is 1. The van der Waals surface area contributed by atoms with Crippen molar-refractivity contribution >= 4 is 52.3 Å². The minimum atomic E-state index is -1.03. The van der Waals surface area contributed by atoms with E-state index < -0.39 is 29.8 Å². The number of ether oxygens (including phenoxy) is 1. The molecule has 1 atom stereocenters. The lowest BCUT2D eigenvalue weighted by molar-refractivity contribution is -0.129. The van der Waals surface area contributed by atoms with E-state index in [0.717, 1.165) is 9.78 Å². The summed E-state index contributed by atoms with van der Waals surface area (Å²) in [5.41, 5.74) is 0.553. The molecule has 0 fully saturated rings. The van der Waals surface area contributed by atoms with Crippen LogP contribution in [0.3, 0.4) is 0 Å². The predicted octanol–water partition coefficient (Wildman–Crippen LogP) is 4.06. The second-order valence-electron chi connectivity index (χ2n) is 7.00. The van der Waals surface area contributed by atoms with Gasteiger partial charge in [-0.05, 0) is 48.7 Å². The zero-order valence-corrected chi connectivity index (χ0v) is 18.4. The third kappa shape index (κ3) is 4.15. The number of imide groups is 1. The zero-order chi connectivity index (χ0) is 22.8. The van der Waals surface area contributed by atoms with Gasteiger partial charge in [-0.3, -0.25) is 14.4 Å². The average molecular weight is 469 g/mol. The molecule has 2 aromatic carbocycles. The molecule has 0 saturated carbocycles. The number of anilines is 1. The minimum absolute atomic E-state index is 0.0591. The lowest BCUT2D eigenvalue weighted by Gasteiger charge is -2.15. The summed E-state index contributed by atoms with van der Waals surface area (Å²) in [7, 11) is 0. The lowest BCUT2D eigenvalue weighted by Crippen LogP contribution is -2.35. The fraction of sp³-hybridized carbons (Fsp3) is 0.130. The summed E-state index contributed by atoms with van der Waals surface area (Å²) in [6.45, 7) is 1.80. The molecule has 2 heterocycles. The maximum Gasteiger partial charge on any atom is 0.338 e. The molecule has 7 nitrogen and oxygen atoms in total. The molecular weight excluding hydrogens is 452 g/mol. The third-order valence-electron chi connectivity index (χ3n) is 4.89. The molecule has 3 amide bonds. The van der Waals surface area contributed by atoms with Crippen LogP contribution in [0.4, 0.5) is 5.69 Å². The monoisotopic (exact) mass is 468 g/mol. The number of halogens is 1. The first kappa shape index (κ1) is 21.7. The number of para-hydroxylation sites is 1. The Balaban J connectivity index is 1.47. The summed E-state index contributed by atoms with van der Waals surface area (Å²) in [6, 6.07) is 14.3. The largest absolute Gasteiger partial charge is 0.449 e. The van der Waals surface area contributed by atoms with Crippen molar-refractivity contribution in [2.24, 2.45) is 0 Å². The van der Waals surface area contributed by atoms with Gasteiger partial charge in [0.1, 0.15) is 0 Å². The van der Waals surface area contributed by atoms with Crippen LogP contribution < -0.4 is 10.2 Å². The summed E-state index contributed by atoms with van der Waals surface area (Å²) >= 11 is 7.65. The van der Waals surface area contributed by atoms with Crippen molar-refractivity contribution in [1.82, 2.24) is 5.32 Å². The lowest BCUT2D eigenvalue weighted by atomic mass is 10.1. The number of hydrogen-bond acceptors (Lipinski definition) is 6. The molecule has 9 heteroatoms. The number of esters is 1. The molecule has 0 aliphatic carbocycles. The normalized spacial score (nSPS) is 13.6. The van der Waals surface area contributed by atoms with Crippen molar-refractivity contribution in [2.45, 2.75) is 19.6 Å². The molecule has 0 saturated heterocycles. The van der Waals surface area contributed by atoms with E-state index in [0.29, 0.717) is 6.54 Å². The number of nitrogens with one attached hydrogen (secondary N) is 1. The number of nitrogens with zero attached hydrogens (tertiary/aromatic N) is 1. The third-order valence-corrected chi connectivity index (χ3v) is 6.08. The van der Waals surface area contributed by atoms with Gasteiger partial charge in [0.2, 0.25) is 0 Å². The van der Waals surface area contributed by atoms with Crippen molar-refractivity contribution in [2.75, 3.05) is 4.90 Å². The van der Waals surface area contributed by atoms with E-state index in [-0.39, 0.29) is 27.4 Å². The van der Waals surface area contributed by atoms with E-state index in [4.69, 9.17) is 16.3 Å². The van der Waals surface area contributed by atoms with Crippen molar-refractivity contribution in [3.8, 4) is 0 Å². The molecule has 162 valence electrons. The second kappa shape index (κ2) is 8.94. The standard InChI is InChI=1S/C23H17ClN2O5S/c1-13(20(27)25-12-15-5-4-10-32-15)31-23(30)14-8-9-16-17(11-14)22(29)26(21(16)28)19-7-3-2-6-18(19)24/h2-11,13H,12H2,1H3,(H,25,27). The van der Waals surface area contributed by atoms with Crippen LogP contribution in [0.1, 0.15) is 42.9 Å². The highest BCUT2D eigenvalue weighted by molar-refractivity contribution is 7.09. The Morgan fingerprint density at radius 3 is 2.53 bits per heavy atom. The van der Waals surface area contributed by atoms with Gasteiger partial charge in [-0.1, -0.05) is 29.8 Å². The average Bonchev–Trinajstić information content (AvgIpc) is 3.39. The molecule has 3 aromatic rings.